The molecule has 1 spiro atoms. The van der Waals surface area contributed by atoms with E-state index in [4.69, 9.17) is 0 Å². The molecule has 1 saturated heterocycles. The molecule has 102 valence electrons. The van der Waals surface area contributed by atoms with Gasteiger partial charge in [0.25, 0.3) is 0 Å². The first-order chi connectivity index (χ1) is 8.93. The number of Topliss-reactive ketones (excluding diaryl/α,β-unsaturated/α-hetero) is 1. The molecule has 2 heterocycles. The lowest BCUT2D eigenvalue weighted by molar-refractivity contribution is -0.125. The van der Waals surface area contributed by atoms with Gasteiger partial charge in [0.15, 0.2) is 5.78 Å². The van der Waals surface area contributed by atoms with Gasteiger partial charge in [0.2, 0.25) is 0 Å². The molecule has 0 N–H and O–H groups in total. The fourth-order valence-electron chi connectivity index (χ4n) is 3.42. The van der Waals surface area contributed by atoms with Crippen molar-refractivity contribution in [3.05, 3.63) is 23.8 Å². The summed E-state index contributed by atoms with van der Waals surface area (Å²) in [5.41, 5.74) is 1.69. The van der Waals surface area contributed by atoms with Gasteiger partial charge >= 0.3 is 0 Å². The van der Waals surface area contributed by atoms with E-state index >= 15 is 0 Å². The van der Waals surface area contributed by atoms with Gasteiger partial charge in [0.1, 0.15) is 0 Å². The molecule has 4 nitrogen and oxygen atoms in total. The highest BCUT2D eigenvalue weighted by Crippen LogP contribution is 2.42. The third-order valence-corrected chi connectivity index (χ3v) is 4.65. The van der Waals surface area contributed by atoms with Crippen molar-refractivity contribution < 1.29 is 4.79 Å². The maximum absolute atomic E-state index is 12.5. The number of piperidine rings is 1. The number of ketones is 1. The minimum atomic E-state index is -0.342. The number of likely N-dealkylation sites (tertiary alicyclic amines) is 1. The molecule has 1 aromatic rings. The SMILES string of the molecule is CC(C)(C)N1CCC2(CC1)C(=O)Cc1nccnc12. The summed E-state index contributed by atoms with van der Waals surface area (Å²) < 4.78 is 0. The van der Waals surface area contributed by atoms with Crippen molar-refractivity contribution in [3.63, 3.8) is 0 Å². The number of nitrogens with zero attached hydrogens (tertiary/aromatic N) is 3. The molecular formula is C15H21N3O. The van der Waals surface area contributed by atoms with Gasteiger partial charge in [-0.25, -0.2) is 0 Å². The van der Waals surface area contributed by atoms with E-state index in [-0.39, 0.29) is 11.0 Å². The monoisotopic (exact) mass is 259 g/mol. The molecule has 2 aliphatic rings. The van der Waals surface area contributed by atoms with E-state index in [1.807, 2.05) is 0 Å². The number of hydrogen-bond donors (Lipinski definition) is 0. The molecule has 19 heavy (non-hydrogen) atoms. The van der Waals surface area contributed by atoms with E-state index in [1.54, 1.807) is 12.4 Å². The summed E-state index contributed by atoms with van der Waals surface area (Å²) in [6.07, 6.45) is 5.65. The minimum absolute atomic E-state index is 0.175. The summed E-state index contributed by atoms with van der Waals surface area (Å²) >= 11 is 0. The Morgan fingerprint density at radius 3 is 2.42 bits per heavy atom. The van der Waals surface area contributed by atoms with E-state index in [1.165, 1.54) is 0 Å². The zero-order chi connectivity index (χ0) is 13.7. The Morgan fingerprint density at radius 1 is 1.16 bits per heavy atom. The molecule has 1 aromatic heterocycles. The summed E-state index contributed by atoms with van der Waals surface area (Å²) in [6.45, 7) is 8.62. The molecule has 3 rings (SSSR count). The van der Waals surface area contributed by atoms with Crippen LogP contribution >= 0.6 is 0 Å². The summed E-state index contributed by atoms with van der Waals surface area (Å²) in [7, 11) is 0. The van der Waals surface area contributed by atoms with Crippen LogP contribution in [0.1, 0.15) is 45.0 Å². The van der Waals surface area contributed by atoms with Crippen molar-refractivity contribution in [2.45, 2.75) is 51.0 Å². The molecule has 1 fully saturated rings. The molecule has 0 amide bonds. The van der Waals surface area contributed by atoms with Crippen molar-refractivity contribution >= 4 is 5.78 Å². The molecule has 0 saturated carbocycles. The Kier molecular flexibility index (Phi) is 2.75. The molecule has 0 bridgehead atoms. The van der Waals surface area contributed by atoms with E-state index in [9.17, 15) is 4.79 Å². The summed E-state index contributed by atoms with van der Waals surface area (Å²) in [6, 6.07) is 0. The molecule has 1 aliphatic carbocycles. The minimum Gasteiger partial charge on any atom is -0.298 e. The third-order valence-electron chi connectivity index (χ3n) is 4.65. The van der Waals surface area contributed by atoms with E-state index in [0.29, 0.717) is 12.2 Å². The summed E-state index contributed by atoms with van der Waals surface area (Å²) in [5, 5.41) is 0. The van der Waals surface area contributed by atoms with Crippen molar-refractivity contribution in [2.75, 3.05) is 13.1 Å². The number of hydrogen-bond acceptors (Lipinski definition) is 4. The highest BCUT2D eigenvalue weighted by atomic mass is 16.1. The quantitative estimate of drug-likeness (QED) is 0.712. The Morgan fingerprint density at radius 2 is 1.79 bits per heavy atom. The summed E-state index contributed by atoms with van der Waals surface area (Å²) in [5.74, 6) is 0.322. The van der Waals surface area contributed by atoms with Crippen molar-refractivity contribution in [2.24, 2.45) is 0 Å². The van der Waals surface area contributed by atoms with E-state index in [0.717, 1.165) is 37.3 Å². The van der Waals surface area contributed by atoms with Crippen LogP contribution in [0, 0.1) is 0 Å². The van der Waals surface area contributed by atoms with Crippen LogP contribution in [0.3, 0.4) is 0 Å². The van der Waals surface area contributed by atoms with Crippen LogP contribution in [-0.2, 0) is 16.6 Å². The maximum atomic E-state index is 12.5. The fraction of sp³-hybridized carbons (Fsp3) is 0.667. The van der Waals surface area contributed by atoms with E-state index < -0.39 is 0 Å². The first-order valence-corrected chi connectivity index (χ1v) is 7.02. The molecule has 0 aromatic carbocycles. The number of fused-ring (bicyclic) bond motifs is 2. The number of carbonyl (C=O) groups excluding carboxylic acids is 1. The lowest BCUT2D eigenvalue weighted by atomic mass is 9.74. The van der Waals surface area contributed by atoms with Crippen LogP contribution in [0.4, 0.5) is 0 Å². The van der Waals surface area contributed by atoms with Crippen LogP contribution in [0.2, 0.25) is 0 Å². The Hall–Kier alpha value is -1.29. The molecule has 0 atom stereocenters. The average molecular weight is 259 g/mol. The van der Waals surface area contributed by atoms with Gasteiger partial charge in [-0.05, 0) is 46.7 Å². The lowest BCUT2D eigenvalue weighted by Gasteiger charge is -2.44. The molecule has 0 unspecified atom stereocenters. The molecule has 0 radical (unpaired) electrons. The van der Waals surface area contributed by atoms with Gasteiger partial charge in [-0.1, -0.05) is 0 Å². The normalized spacial score (nSPS) is 22.8. The first kappa shape index (κ1) is 12.7. The van der Waals surface area contributed by atoms with Gasteiger partial charge in [-0.2, -0.15) is 0 Å². The number of rotatable bonds is 0. The topological polar surface area (TPSA) is 46.1 Å². The molecule has 4 heteroatoms. The molecular weight excluding hydrogens is 238 g/mol. The smallest absolute Gasteiger partial charge is 0.151 e. The zero-order valence-electron chi connectivity index (χ0n) is 11.9. The summed E-state index contributed by atoms with van der Waals surface area (Å²) in [4.78, 5) is 23.7. The lowest BCUT2D eigenvalue weighted by Crippen LogP contribution is -2.52. The van der Waals surface area contributed by atoms with Crippen molar-refractivity contribution in [1.82, 2.24) is 14.9 Å². The third kappa shape index (κ3) is 1.89. The number of aromatic nitrogens is 2. The van der Waals surface area contributed by atoms with Crippen LogP contribution in [0.5, 0.6) is 0 Å². The maximum Gasteiger partial charge on any atom is 0.151 e. The second-order valence-electron chi connectivity index (χ2n) is 6.69. The molecule has 1 aliphatic heterocycles. The van der Waals surface area contributed by atoms with Gasteiger partial charge < -0.3 is 0 Å². The van der Waals surface area contributed by atoms with Crippen molar-refractivity contribution in [3.8, 4) is 0 Å². The zero-order valence-corrected chi connectivity index (χ0v) is 11.9. The van der Waals surface area contributed by atoms with Crippen LogP contribution in [0.15, 0.2) is 12.4 Å². The second kappa shape index (κ2) is 4.10. The highest BCUT2D eigenvalue weighted by Gasteiger charge is 2.50. The Bertz CT molecular complexity index is 510. The van der Waals surface area contributed by atoms with E-state index in [2.05, 4.69) is 35.6 Å². The van der Waals surface area contributed by atoms with Crippen LogP contribution < -0.4 is 0 Å². The average Bonchev–Trinajstić information content (AvgIpc) is 2.63. The Balaban J connectivity index is 1.89. The van der Waals surface area contributed by atoms with Gasteiger partial charge in [0, 0.05) is 17.9 Å². The highest BCUT2D eigenvalue weighted by molar-refractivity contribution is 5.95. The predicted octanol–water partition coefficient (Wildman–Crippen LogP) is 1.73. The van der Waals surface area contributed by atoms with Gasteiger partial charge in [0.05, 0.1) is 23.2 Å². The van der Waals surface area contributed by atoms with Crippen LogP contribution in [0.25, 0.3) is 0 Å². The van der Waals surface area contributed by atoms with Gasteiger partial charge in [-0.3, -0.25) is 19.7 Å². The Labute approximate surface area is 114 Å². The van der Waals surface area contributed by atoms with Crippen molar-refractivity contribution in [1.29, 1.82) is 0 Å². The second-order valence-corrected chi connectivity index (χ2v) is 6.69. The first-order valence-electron chi connectivity index (χ1n) is 7.02. The van der Waals surface area contributed by atoms with Crippen LogP contribution in [-0.4, -0.2) is 39.3 Å². The fourth-order valence-corrected chi connectivity index (χ4v) is 3.42. The predicted molar refractivity (Wildman–Crippen MR) is 73.0 cm³/mol. The van der Waals surface area contributed by atoms with Gasteiger partial charge in [-0.15, -0.1) is 0 Å². The largest absolute Gasteiger partial charge is 0.298 e. The number of carbonyl (C=O) groups is 1. The standard InChI is InChI=1S/C15H21N3O/c1-14(2,3)18-8-4-15(5-9-18)12(19)10-11-13(15)17-7-6-16-11/h6-7H,4-5,8-10H2,1-3H3.